The molecule has 0 aromatic carbocycles. The molecule has 4 nitrogen and oxygen atoms in total. The molecule has 0 radical (unpaired) electrons. The zero-order valence-electron chi connectivity index (χ0n) is 10.5. The number of ether oxygens (including phenoxy) is 2. The number of halogens is 1. The van der Waals surface area contributed by atoms with Crippen molar-refractivity contribution in [1.82, 2.24) is 5.32 Å². The van der Waals surface area contributed by atoms with E-state index in [-0.39, 0.29) is 12.1 Å². The van der Waals surface area contributed by atoms with Crippen molar-refractivity contribution in [3.63, 3.8) is 0 Å². The standard InChI is InChI=1S/C11H22BrNO3/c1-11(2,3)16-10(14)13-9(8-15-4)6-5-7-12/h9H,5-8H2,1-4H3,(H,13,14). The number of carbonyl (C=O) groups is 1. The van der Waals surface area contributed by atoms with Crippen LogP contribution in [0, 0.1) is 0 Å². The smallest absolute Gasteiger partial charge is 0.407 e. The predicted molar refractivity (Wildman–Crippen MR) is 68.1 cm³/mol. The molecule has 0 bridgehead atoms. The van der Waals surface area contributed by atoms with Crippen LogP contribution in [0.2, 0.25) is 0 Å². The van der Waals surface area contributed by atoms with E-state index < -0.39 is 5.60 Å². The lowest BCUT2D eigenvalue weighted by Crippen LogP contribution is -2.41. The first kappa shape index (κ1) is 15.7. The highest BCUT2D eigenvalue weighted by atomic mass is 79.9. The molecule has 0 aliphatic carbocycles. The van der Waals surface area contributed by atoms with Crippen molar-refractivity contribution in [3.05, 3.63) is 0 Å². The molecule has 1 atom stereocenters. The number of hydrogen-bond donors (Lipinski definition) is 1. The summed E-state index contributed by atoms with van der Waals surface area (Å²) >= 11 is 3.36. The molecular weight excluding hydrogens is 274 g/mol. The van der Waals surface area contributed by atoms with Crippen molar-refractivity contribution < 1.29 is 14.3 Å². The first-order valence-corrected chi connectivity index (χ1v) is 6.55. The molecule has 5 heteroatoms. The van der Waals surface area contributed by atoms with E-state index in [1.807, 2.05) is 20.8 Å². The SMILES string of the molecule is COCC(CCCBr)NC(=O)OC(C)(C)C. The highest BCUT2D eigenvalue weighted by Gasteiger charge is 2.19. The van der Waals surface area contributed by atoms with Crippen molar-refractivity contribution in [2.45, 2.75) is 45.3 Å². The molecule has 16 heavy (non-hydrogen) atoms. The van der Waals surface area contributed by atoms with Gasteiger partial charge in [-0.25, -0.2) is 4.79 Å². The van der Waals surface area contributed by atoms with Crippen LogP contribution in [-0.2, 0) is 9.47 Å². The summed E-state index contributed by atoms with van der Waals surface area (Å²) in [6.07, 6.45) is 1.48. The Morgan fingerprint density at radius 3 is 2.50 bits per heavy atom. The van der Waals surface area contributed by atoms with E-state index in [1.54, 1.807) is 7.11 Å². The monoisotopic (exact) mass is 295 g/mol. The number of methoxy groups -OCH3 is 1. The van der Waals surface area contributed by atoms with E-state index in [9.17, 15) is 4.79 Å². The van der Waals surface area contributed by atoms with Gasteiger partial charge in [0.2, 0.25) is 0 Å². The minimum Gasteiger partial charge on any atom is -0.444 e. The Labute approximate surface area is 106 Å². The molecule has 0 aromatic heterocycles. The first-order chi connectivity index (χ1) is 7.39. The number of alkyl carbamates (subject to hydrolysis) is 1. The number of amides is 1. The van der Waals surface area contributed by atoms with Crippen molar-refractivity contribution in [1.29, 1.82) is 0 Å². The molecule has 1 amide bonds. The minimum absolute atomic E-state index is 0.0115. The average molecular weight is 296 g/mol. The first-order valence-electron chi connectivity index (χ1n) is 5.43. The number of hydrogen-bond acceptors (Lipinski definition) is 3. The Kier molecular flexibility index (Phi) is 7.76. The fraction of sp³-hybridized carbons (Fsp3) is 0.909. The number of nitrogens with one attached hydrogen (secondary N) is 1. The van der Waals surface area contributed by atoms with Gasteiger partial charge in [-0.3, -0.25) is 0 Å². The van der Waals surface area contributed by atoms with Crippen molar-refractivity contribution in [2.24, 2.45) is 0 Å². The summed E-state index contributed by atoms with van der Waals surface area (Å²) in [4.78, 5) is 11.5. The van der Waals surface area contributed by atoms with Gasteiger partial charge in [-0.05, 0) is 33.6 Å². The van der Waals surface area contributed by atoms with Crippen LogP contribution in [0.4, 0.5) is 4.79 Å². The van der Waals surface area contributed by atoms with Gasteiger partial charge in [0.25, 0.3) is 0 Å². The Morgan fingerprint density at radius 1 is 1.44 bits per heavy atom. The van der Waals surface area contributed by atoms with Gasteiger partial charge in [0.1, 0.15) is 5.60 Å². The van der Waals surface area contributed by atoms with Gasteiger partial charge in [0.15, 0.2) is 0 Å². The molecule has 1 N–H and O–H groups in total. The molecule has 1 unspecified atom stereocenters. The minimum atomic E-state index is -0.461. The third-order valence-corrected chi connectivity index (χ3v) is 2.34. The lowest BCUT2D eigenvalue weighted by atomic mass is 10.2. The molecule has 0 saturated carbocycles. The Bertz CT molecular complexity index is 204. The normalized spacial score (nSPS) is 13.3. The maximum atomic E-state index is 11.5. The van der Waals surface area contributed by atoms with Crippen molar-refractivity contribution in [3.8, 4) is 0 Å². The van der Waals surface area contributed by atoms with Gasteiger partial charge in [0, 0.05) is 12.4 Å². The zero-order valence-corrected chi connectivity index (χ0v) is 12.1. The third-order valence-electron chi connectivity index (χ3n) is 1.77. The molecule has 0 heterocycles. The predicted octanol–water partition coefficient (Wildman–Crippen LogP) is 2.70. The molecule has 0 rings (SSSR count). The Balaban J connectivity index is 4.02. The zero-order chi connectivity index (χ0) is 12.6. The highest BCUT2D eigenvalue weighted by molar-refractivity contribution is 9.09. The highest BCUT2D eigenvalue weighted by Crippen LogP contribution is 2.08. The van der Waals surface area contributed by atoms with Crippen LogP contribution >= 0.6 is 15.9 Å². The van der Waals surface area contributed by atoms with Crippen LogP contribution in [0.3, 0.4) is 0 Å². The summed E-state index contributed by atoms with van der Waals surface area (Å²) in [6, 6.07) is 0.0115. The fourth-order valence-corrected chi connectivity index (χ4v) is 1.52. The molecule has 96 valence electrons. The second kappa shape index (κ2) is 7.90. The van der Waals surface area contributed by atoms with Crippen molar-refractivity contribution >= 4 is 22.0 Å². The summed E-state index contributed by atoms with van der Waals surface area (Å²) in [5, 5.41) is 3.72. The largest absolute Gasteiger partial charge is 0.444 e. The Hall–Kier alpha value is -0.290. The van der Waals surface area contributed by atoms with E-state index in [0.29, 0.717) is 6.61 Å². The molecular formula is C11H22BrNO3. The van der Waals surface area contributed by atoms with E-state index in [4.69, 9.17) is 9.47 Å². The maximum Gasteiger partial charge on any atom is 0.407 e. The summed E-state index contributed by atoms with van der Waals surface area (Å²) < 4.78 is 10.2. The van der Waals surface area contributed by atoms with Crippen LogP contribution < -0.4 is 5.32 Å². The van der Waals surface area contributed by atoms with Gasteiger partial charge in [-0.15, -0.1) is 0 Å². The number of rotatable bonds is 6. The molecule has 0 saturated heterocycles. The maximum absolute atomic E-state index is 11.5. The van der Waals surface area contributed by atoms with Gasteiger partial charge < -0.3 is 14.8 Å². The Morgan fingerprint density at radius 2 is 2.06 bits per heavy atom. The summed E-state index contributed by atoms with van der Waals surface area (Å²) in [5.74, 6) is 0. The van der Waals surface area contributed by atoms with Crippen molar-refractivity contribution in [2.75, 3.05) is 19.0 Å². The number of alkyl halides is 1. The fourth-order valence-electron chi connectivity index (χ4n) is 1.20. The second-order valence-electron chi connectivity index (χ2n) is 4.63. The summed E-state index contributed by atoms with van der Waals surface area (Å²) in [5.41, 5.74) is -0.461. The molecule has 0 aliphatic rings. The topological polar surface area (TPSA) is 47.6 Å². The van der Waals surface area contributed by atoms with Crippen LogP contribution in [0.25, 0.3) is 0 Å². The van der Waals surface area contributed by atoms with Gasteiger partial charge >= 0.3 is 6.09 Å². The summed E-state index contributed by atoms with van der Waals surface area (Å²) in [7, 11) is 1.62. The van der Waals surface area contributed by atoms with Crippen LogP contribution in [0.15, 0.2) is 0 Å². The molecule has 0 fully saturated rings. The molecule has 0 aliphatic heterocycles. The van der Waals surface area contributed by atoms with Gasteiger partial charge in [-0.1, -0.05) is 15.9 Å². The second-order valence-corrected chi connectivity index (χ2v) is 5.42. The summed E-state index contributed by atoms with van der Waals surface area (Å²) in [6.45, 7) is 6.04. The van der Waals surface area contributed by atoms with E-state index >= 15 is 0 Å². The average Bonchev–Trinajstić information content (AvgIpc) is 2.11. The quantitative estimate of drug-likeness (QED) is 0.767. The van der Waals surface area contributed by atoms with Crippen LogP contribution in [0.5, 0.6) is 0 Å². The van der Waals surface area contributed by atoms with E-state index in [1.165, 1.54) is 0 Å². The van der Waals surface area contributed by atoms with Crippen LogP contribution in [0.1, 0.15) is 33.6 Å². The van der Waals surface area contributed by atoms with E-state index in [0.717, 1.165) is 18.2 Å². The molecule has 0 aromatic rings. The van der Waals surface area contributed by atoms with Gasteiger partial charge in [-0.2, -0.15) is 0 Å². The van der Waals surface area contributed by atoms with E-state index in [2.05, 4.69) is 21.2 Å². The lowest BCUT2D eigenvalue weighted by molar-refractivity contribution is 0.0464. The molecule has 0 spiro atoms. The van der Waals surface area contributed by atoms with Gasteiger partial charge in [0.05, 0.1) is 12.6 Å². The third kappa shape index (κ3) is 8.97. The lowest BCUT2D eigenvalue weighted by Gasteiger charge is -2.23. The van der Waals surface area contributed by atoms with Crippen LogP contribution in [-0.4, -0.2) is 36.8 Å². The number of carbonyl (C=O) groups excluding carboxylic acids is 1.